The summed E-state index contributed by atoms with van der Waals surface area (Å²) < 4.78 is 9.77. The minimum atomic E-state index is -0.504. The zero-order chi connectivity index (χ0) is 13.3. The van der Waals surface area contributed by atoms with Crippen molar-refractivity contribution < 1.29 is 19.1 Å². The number of hydrogen-bond donors (Lipinski definition) is 1. The average Bonchev–Trinajstić information content (AvgIpc) is 2.30. The first-order chi connectivity index (χ1) is 7.99. The summed E-state index contributed by atoms with van der Waals surface area (Å²) in [6.45, 7) is 10.7. The van der Waals surface area contributed by atoms with Crippen molar-refractivity contribution in [3.63, 3.8) is 0 Å². The fourth-order valence-electron chi connectivity index (χ4n) is 1.10. The molecule has 0 aromatic carbocycles. The largest absolute Gasteiger partial charge is 0.461 e. The van der Waals surface area contributed by atoms with Gasteiger partial charge in [0, 0.05) is 18.2 Å². The number of rotatable bonds is 8. The molecule has 17 heavy (non-hydrogen) atoms. The molecule has 0 aromatic heterocycles. The van der Waals surface area contributed by atoms with Gasteiger partial charge in [-0.05, 0) is 0 Å². The number of ether oxygens (including phenoxy) is 2. The number of carbonyl (C=O) groups is 2. The molecule has 0 aromatic rings. The lowest BCUT2D eigenvalue weighted by Crippen LogP contribution is -2.42. The van der Waals surface area contributed by atoms with Crippen molar-refractivity contribution in [2.24, 2.45) is 0 Å². The van der Waals surface area contributed by atoms with E-state index in [2.05, 4.69) is 18.5 Å². The van der Waals surface area contributed by atoms with E-state index in [1.54, 1.807) is 0 Å². The number of esters is 2. The molecule has 0 heterocycles. The van der Waals surface area contributed by atoms with Crippen molar-refractivity contribution in [1.82, 2.24) is 5.32 Å². The van der Waals surface area contributed by atoms with Crippen LogP contribution in [-0.4, -0.2) is 37.2 Å². The van der Waals surface area contributed by atoms with E-state index in [-0.39, 0.29) is 25.3 Å². The molecular formula is C12H19NO4. The Kier molecular flexibility index (Phi) is 7.71. The summed E-state index contributed by atoms with van der Waals surface area (Å²) in [6, 6.07) is -0.0623. The Morgan fingerprint density at radius 3 is 1.82 bits per heavy atom. The van der Waals surface area contributed by atoms with E-state index >= 15 is 0 Å². The number of hydrogen-bond acceptors (Lipinski definition) is 5. The van der Waals surface area contributed by atoms with Crippen molar-refractivity contribution in [2.75, 3.05) is 13.2 Å². The smallest absolute Gasteiger partial charge is 0.330 e. The molecule has 0 bridgehead atoms. The van der Waals surface area contributed by atoms with Crippen LogP contribution in [0.5, 0.6) is 0 Å². The van der Waals surface area contributed by atoms with Crippen LogP contribution in [0.1, 0.15) is 13.8 Å². The topological polar surface area (TPSA) is 64.6 Å². The second kappa shape index (κ2) is 8.52. The van der Waals surface area contributed by atoms with E-state index in [4.69, 9.17) is 9.47 Å². The zero-order valence-corrected chi connectivity index (χ0v) is 10.3. The molecule has 0 saturated heterocycles. The molecule has 0 rings (SSSR count). The summed E-state index contributed by atoms with van der Waals surface area (Å²) in [7, 11) is 0. The molecule has 0 saturated carbocycles. The van der Waals surface area contributed by atoms with Gasteiger partial charge in [0.1, 0.15) is 13.2 Å². The molecule has 0 aliphatic heterocycles. The van der Waals surface area contributed by atoms with Gasteiger partial charge in [0.25, 0.3) is 0 Å². The summed E-state index contributed by atoms with van der Waals surface area (Å²) >= 11 is 0. The predicted molar refractivity (Wildman–Crippen MR) is 64.4 cm³/mol. The van der Waals surface area contributed by atoms with Crippen LogP contribution in [0.15, 0.2) is 25.3 Å². The molecule has 1 N–H and O–H groups in total. The first-order valence-corrected chi connectivity index (χ1v) is 5.34. The van der Waals surface area contributed by atoms with Gasteiger partial charge >= 0.3 is 11.9 Å². The molecular weight excluding hydrogens is 222 g/mol. The lowest BCUT2D eigenvalue weighted by Gasteiger charge is -2.20. The second-order valence-electron chi connectivity index (χ2n) is 3.69. The SMILES string of the molecule is C=CC(=O)OCC(COC(=O)C=C)NC(C)C. The molecule has 0 fully saturated rings. The maximum Gasteiger partial charge on any atom is 0.330 e. The highest BCUT2D eigenvalue weighted by Crippen LogP contribution is 1.94. The van der Waals surface area contributed by atoms with Gasteiger partial charge in [0.2, 0.25) is 0 Å². The lowest BCUT2D eigenvalue weighted by atomic mass is 10.3. The standard InChI is InChI=1S/C12H19NO4/c1-5-11(14)16-7-10(13-9(3)4)8-17-12(15)6-2/h5-6,9-10,13H,1-2,7-8H2,3-4H3. The van der Waals surface area contributed by atoms with Crippen LogP contribution in [0.25, 0.3) is 0 Å². The maximum atomic E-state index is 10.9. The minimum absolute atomic E-state index is 0.119. The summed E-state index contributed by atoms with van der Waals surface area (Å²) in [4.78, 5) is 21.8. The van der Waals surface area contributed by atoms with Gasteiger partial charge in [-0.25, -0.2) is 9.59 Å². The van der Waals surface area contributed by atoms with E-state index in [0.717, 1.165) is 12.2 Å². The maximum absolute atomic E-state index is 10.9. The van der Waals surface area contributed by atoms with Crippen LogP contribution in [0, 0.1) is 0 Å². The van der Waals surface area contributed by atoms with Crippen molar-refractivity contribution in [2.45, 2.75) is 25.9 Å². The fourth-order valence-corrected chi connectivity index (χ4v) is 1.10. The molecule has 0 aliphatic rings. The molecule has 5 nitrogen and oxygen atoms in total. The third-order valence-electron chi connectivity index (χ3n) is 1.76. The van der Waals surface area contributed by atoms with Crippen LogP contribution in [0.3, 0.4) is 0 Å². The Bertz CT molecular complexity index is 262. The molecule has 0 aliphatic carbocycles. The highest BCUT2D eigenvalue weighted by Gasteiger charge is 2.13. The fraction of sp³-hybridized carbons (Fsp3) is 0.500. The molecule has 0 amide bonds. The average molecular weight is 241 g/mol. The number of nitrogens with one attached hydrogen (secondary N) is 1. The molecule has 0 radical (unpaired) electrons. The molecule has 0 spiro atoms. The lowest BCUT2D eigenvalue weighted by molar-refractivity contribution is -0.141. The summed E-state index contributed by atoms with van der Waals surface area (Å²) in [5.74, 6) is -1.01. The molecule has 96 valence electrons. The molecule has 0 atom stereocenters. The Labute approximate surface area is 101 Å². The zero-order valence-electron chi connectivity index (χ0n) is 10.3. The van der Waals surface area contributed by atoms with E-state index in [1.807, 2.05) is 13.8 Å². The summed E-state index contributed by atoms with van der Waals surface area (Å²) in [5.41, 5.74) is 0. The van der Waals surface area contributed by atoms with Crippen molar-refractivity contribution in [3.05, 3.63) is 25.3 Å². The van der Waals surface area contributed by atoms with Gasteiger partial charge in [-0.3, -0.25) is 0 Å². The third kappa shape index (κ3) is 8.21. The van der Waals surface area contributed by atoms with Crippen molar-refractivity contribution in [3.8, 4) is 0 Å². The van der Waals surface area contributed by atoms with Crippen molar-refractivity contribution >= 4 is 11.9 Å². The van der Waals surface area contributed by atoms with Crippen molar-refractivity contribution in [1.29, 1.82) is 0 Å². The van der Waals surface area contributed by atoms with E-state index in [1.165, 1.54) is 0 Å². The van der Waals surface area contributed by atoms with E-state index < -0.39 is 11.9 Å². The van der Waals surface area contributed by atoms with Crippen LogP contribution in [-0.2, 0) is 19.1 Å². The normalized spacial score (nSPS) is 10.1. The first-order valence-electron chi connectivity index (χ1n) is 5.34. The third-order valence-corrected chi connectivity index (χ3v) is 1.76. The Morgan fingerprint density at radius 2 is 1.53 bits per heavy atom. The Balaban J connectivity index is 4.12. The van der Waals surface area contributed by atoms with Gasteiger partial charge in [-0.2, -0.15) is 0 Å². The second-order valence-corrected chi connectivity index (χ2v) is 3.69. The minimum Gasteiger partial charge on any atom is -0.461 e. The van der Waals surface area contributed by atoms with E-state index in [9.17, 15) is 9.59 Å². The van der Waals surface area contributed by atoms with Gasteiger partial charge in [0.05, 0.1) is 6.04 Å². The van der Waals surface area contributed by atoms with Crippen LogP contribution in [0.2, 0.25) is 0 Å². The van der Waals surface area contributed by atoms with Crippen LogP contribution < -0.4 is 5.32 Å². The first kappa shape index (κ1) is 15.4. The molecule has 5 heteroatoms. The van der Waals surface area contributed by atoms with Gasteiger partial charge < -0.3 is 14.8 Å². The van der Waals surface area contributed by atoms with Crippen LogP contribution >= 0.6 is 0 Å². The van der Waals surface area contributed by atoms with E-state index in [0.29, 0.717) is 0 Å². The quantitative estimate of drug-likeness (QED) is 0.503. The highest BCUT2D eigenvalue weighted by molar-refractivity contribution is 5.81. The van der Waals surface area contributed by atoms with Gasteiger partial charge in [0.15, 0.2) is 0 Å². The summed E-state index contributed by atoms with van der Waals surface area (Å²) in [6.07, 6.45) is 2.17. The highest BCUT2D eigenvalue weighted by atomic mass is 16.5. The Hall–Kier alpha value is -1.62. The predicted octanol–water partition coefficient (Wildman–Crippen LogP) is 0.811. The monoisotopic (exact) mass is 241 g/mol. The molecule has 0 unspecified atom stereocenters. The van der Waals surface area contributed by atoms with Gasteiger partial charge in [-0.15, -0.1) is 0 Å². The summed E-state index contributed by atoms with van der Waals surface area (Å²) in [5, 5.41) is 3.12. The van der Waals surface area contributed by atoms with Gasteiger partial charge in [-0.1, -0.05) is 27.0 Å². The van der Waals surface area contributed by atoms with Crippen LogP contribution in [0.4, 0.5) is 0 Å². The number of carbonyl (C=O) groups excluding carboxylic acids is 2. The Morgan fingerprint density at radius 1 is 1.12 bits per heavy atom.